The molecule has 0 saturated carbocycles. The molecule has 0 bridgehead atoms. The summed E-state index contributed by atoms with van der Waals surface area (Å²) in [5.41, 5.74) is 4.94. The van der Waals surface area contributed by atoms with Gasteiger partial charge in [-0.1, -0.05) is 24.3 Å². The molecule has 0 radical (unpaired) electrons. The zero-order valence-corrected chi connectivity index (χ0v) is 15.2. The number of amides is 2. The number of hydrogen-bond donors (Lipinski definition) is 2. The van der Waals surface area contributed by atoms with E-state index in [1.165, 1.54) is 0 Å². The van der Waals surface area contributed by atoms with Crippen LogP contribution in [0.3, 0.4) is 0 Å². The van der Waals surface area contributed by atoms with Crippen molar-refractivity contribution >= 4 is 23.2 Å². The van der Waals surface area contributed by atoms with Crippen LogP contribution in [0.25, 0.3) is 0 Å². The fourth-order valence-electron chi connectivity index (χ4n) is 2.43. The van der Waals surface area contributed by atoms with E-state index < -0.39 is 11.8 Å². The van der Waals surface area contributed by atoms with Gasteiger partial charge < -0.3 is 15.5 Å². The zero-order valence-electron chi connectivity index (χ0n) is 15.2. The molecule has 2 rings (SSSR count). The number of carbonyl (C=O) groups excluding carboxylic acids is 2. The van der Waals surface area contributed by atoms with Crippen molar-refractivity contribution in [3.8, 4) is 0 Å². The van der Waals surface area contributed by atoms with E-state index in [0.29, 0.717) is 18.7 Å². The molecule has 2 aromatic rings. The van der Waals surface area contributed by atoms with Crippen molar-refractivity contribution in [1.82, 2.24) is 5.32 Å². The summed E-state index contributed by atoms with van der Waals surface area (Å²) < 4.78 is 0. The molecule has 0 aromatic heterocycles. The molecule has 2 aromatic carbocycles. The predicted molar refractivity (Wildman–Crippen MR) is 102 cm³/mol. The van der Waals surface area contributed by atoms with E-state index in [9.17, 15) is 9.59 Å². The highest BCUT2D eigenvalue weighted by Gasteiger charge is 2.14. The summed E-state index contributed by atoms with van der Waals surface area (Å²) in [6.45, 7) is 4.30. The first-order valence-electron chi connectivity index (χ1n) is 8.30. The molecule has 2 N–H and O–H groups in total. The number of nitrogens with one attached hydrogen (secondary N) is 2. The summed E-state index contributed by atoms with van der Waals surface area (Å²) in [4.78, 5) is 26.0. The maximum atomic E-state index is 12.0. The third-order valence-corrected chi connectivity index (χ3v) is 4.21. The number of nitrogens with zero attached hydrogens (tertiary/aromatic N) is 1. The highest BCUT2D eigenvalue weighted by Crippen LogP contribution is 2.17. The van der Waals surface area contributed by atoms with Crippen molar-refractivity contribution in [3.63, 3.8) is 0 Å². The second-order valence-corrected chi connectivity index (χ2v) is 6.27. The molecule has 0 atom stereocenters. The van der Waals surface area contributed by atoms with Gasteiger partial charge in [0.05, 0.1) is 0 Å². The summed E-state index contributed by atoms with van der Waals surface area (Å²) >= 11 is 0. The van der Waals surface area contributed by atoms with Gasteiger partial charge in [-0.25, -0.2) is 0 Å². The summed E-state index contributed by atoms with van der Waals surface area (Å²) in [6, 6.07) is 13.7. The van der Waals surface area contributed by atoms with E-state index >= 15 is 0 Å². The molecule has 0 aliphatic rings. The van der Waals surface area contributed by atoms with Gasteiger partial charge in [-0.2, -0.15) is 0 Å². The first-order valence-corrected chi connectivity index (χ1v) is 8.30. The topological polar surface area (TPSA) is 61.4 Å². The molecular formula is C20H25N3O2. The molecule has 25 heavy (non-hydrogen) atoms. The lowest BCUT2D eigenvalue weighted by molar-refractivity contribution is -0.136. The van der Waals surface area contributed by atoms with Crippen molar-refractivity contribution in [2.24, 2.45) is 0 Å². The van der Waals surface area contributed by atoms with E-state index in [-0.39, 0.29) is 0 Å². The van der Waals surface area contributed by atoms with Crippen LogP contribution in [0.15, 0.2) is 42.5 Å². The normalized spacial score (nSPS) is 10.2. The highest BCUT2D eigenvalue weighted by atomic mass is 16.2. The minimum absolute atomic E-state index is 0.417. The average Bonchev–Trinajstić information content (AvgIpc) is 2.59. The largest absolute Gasteiger partial charge is 0.378 e. The van der Waals surface area contributed by atoms with E-state index in [1.54, 1.807) is 6.07 Å². The summed E-state index contributed by atoms with van der Waals surface area (Å²) in [5.74, 6) is -1.26. The maximum absolute atomic E-state index is 12.0. The van der Waals surface area contributed by atoms with Gasteiger partial charge >= 0.3 is 11.8 Å². The van der Waals surface area contributed by atoms with Gasteiger partial charge in [0.25, 0.3) is 0 Å². The van der Waals surface area contributed by atoms with Crippen LogP contribution in [0.5, 0.6) is 0 Å². The van der Waals surface area contributed by atoms with Crippen molar-refractivity contribution in [1.29, 1.82) is 0 Å². The molecule has 0 aliphatic heterocycles. The maximum Gasteiger partial charge on any atom is 0.313 e. The third-order valence-electron chi connectivity index (χ3n) is 4.21. The smallest absolute Gasteiger partial charge is 0.313 e. The van der Waals surface area contributed by atoms with Gasteiger partial charge in [0.1, 0.15) is 0 Å². The van der Waals surface area contributed by atoms with Crippen LogP contribution in [0.4, 0.5) is 11.4 Å². The Morgan fingerprint density at radius 2 is 1.64 bits per heavy atom. The first kappa shape index (κ1) is 18.5. The molecule has 0 spiro atoms. The lowest BCUT2D eigenvalue weighted by Gasteiger charge is -2.13. The second kappa shape index (κ2) is 8.33. The Morgan fingerprint density at radius 1 is 0.960 bits per heavy atom. The van der Waals surface area contributed by atoms with E-state index in [2.05, 4.69) is 10.6 Å². The van der Waals surface area contributed by atoms with Crippen molar-refractivity contribution in [2.75, 3.05) is 30.9 Å². The van der Waals surface area contributed by atoms with Gasteiger partial charge in [-0.3, -0.25) is 9.59 Å². The molecule has 0 saturated heterocycles. The van der Waals surface area contributed by atoms with E-state index in [4.69, 9.17) is 0 Å². The first-order chi connectivity index (χ1) is 11.9. The Balaban J connectivity index is 1.83. The molecule has 5 nitrogen and oxygen atoms in total. The lowest BCUT2D eigenvalue weighted by atomic mass is 10.1. The van der Waals surface area contributed by atoms with Crippen molar-refractivity contribution in [2.45, 2.75) is 20.3 Å². The van der Waals surface area contributed by atoms with Crippen LogP contribution in [0.1, 0.15) is 16.7 Å². The lowest BCUT2D eigenvalue weighted by Crippen LogP contribution is -2.36. The zero-order chi connectivity index (χ0) is 18.4. The summed E-state index contributed by atoms with van der Waals surface area (Å²) in [7, 11) is 3.98. The molecule has 0 heterocycles. The van der Waals surface area contributed by atoms with Crippen molar-refractivity contribution in [3.05, 3.63) is 59.2 Å². The molecule has 5 heteroatoms. The van der Waals surface area contributed by atoms with Crippen molar-refractivity contribution < 1.29 is 9.59 Å². The Labute approximate surface area is 149 Å². The van der Waals surface area contributed by atoms with Crippen LogP contribution in [-0.4, -0.2) is 32.5 Å². The molecule has 0 aliphatic carbocycles. The van der Waals surface area contributed by atoms with E-state index in [0.717, 1.165) is 22.4 Å². The minimum atomic E-state index is -0.642. The Bertz CT molecular complexity index is 752. The second-order valence-electron chi connectivity index (χ2n) is 6.27. The number of benzene rings is 2. The minimum Gasteiger partial charge on any atom is -0.378 e. The Hall–Kier alpha value is -2.82. The molecular weight excluding hydrogens is 314 g/mol. The third kappa shape index (κ3) is 5.08. The van der Waals surface area contributed by atoms with Crippen LogP contribution in [-0.2, 0) is 16.0 Å². The van der Waals surface area contributed by atoms with Gasteiger partial charge in [-0.05, 0) is 55.2 Å². The summed E-state index contributed by atoms with van der Waals surface area (Å²) in [5, 5.41) is 5.32. The average molecular weight is 339 g/mol. The number of aryl methyl sites for hydroxylation is 1. The number of anilines is 2. The van der Waals surface area contributed by atoms with E-state index in [1.807, 2.05) is 69.2 Å². The predicted octanol–water partition coefficient (Wildman–Crippen LogP) is 2.67. The summed E-state index contributed by atoms with van der Waals surface area (Å²) in [6.07, 6.45) is 0.677. The Morgan fingerprint density at radius 3 is 2.28 bits per heavy atom. The molecule has 132 valence electrons. The van der Waals surface area contributed by atoms with Crippen LogP contribution >= 0.6 is 0 Å². The van der Waals surface area contributed by atoms with Gasteiger partial charge in [0, 0.05) is 32.0 Å². The fourth-order valence-corrected chi connectivity index (χ4v) is 2.43. The number of carbonyl (C=O) groups is 2. The molecule has 2 amide bonds. The SMILES string of the molecule is Cc1cccc(NC(=O)C(=O)NCCc2ccc(N(C)C)cc2)c1C. The Kier molecular flexibility index (Phi) is 6.17. The molecule has 0 unspecified atom stereocenters. The fraction of sp³-hybridized carbons (Fsp3) is 0.300. The van der Waals surface area contributed by atoms with Gasteiger partial charge in [-0.15, -0.1) is 0 Å². The molecule has 0 fully saturated rings. The standard InChI is InChI=1S/C20H25N3O2/c1-14-6-5-7-18(15(14)2)22-20(25)19(24)21-13-12-16-8-10-17(11-9-16)23(3)4/h5-11H,12-13H2,1-4H3,(H,21,24)(H,22,25). The highest BCUT2D eigenvalue weighted by molar-refractivity contribution is 6.39. The van der Waals surface area contributed by atoms with Crippen LogP contribution in [0, 0.1) is 13.8 Å². The monoisotopic (exact) mass is 339 g/mol. The van der Waals surface area contributed by atoms with Crippen LogP contribution < -0.4 is 15.5 Å². The van der Waals surface area contributed by atoms with Crippen LogP contribution in [0.2, 0.25) is 0 Å². The van der Waals surface area contributed by atoms with Gasteiger partial charge in [0.2, 0.25) is 0 Å². The quantitative estimate of drug-likeness (QED) is 0.823. The number of hydrogen-bond acceptors (Lipinski definition) is 3. The van der Waals surface area contributed by atoms with Gasteiger partial charge in [0.15, 0.2) is 0 Å². The number of rotatable bonds is 5.